The molecule has 78 valence electrons. The lowest BCUT2D eigenvalue weighted by atomic mass is 10.4. The van der Waals surface area contributed by atoms with Gasteiger partial charge in [-0.1, -0.05) is 11.6 Å². The Hall–Kier alpha value is -1.07. The van der Waals surface area contributed by atoms with Crippen LogP contribution < -0.4 is 11.3 Å². The van der Waals surface area contributed by atoms with Gasteiger partial charge in [0.05, 0.1) is 18.4 Å². The van der Waals surface area contributed by atoms with Crippen LogP contribution in [0.5, 0.6) is 0 Å². The molecule has 0 atom stereocenters. The monoisotopic (exact) mass is 216 g/mol. The van der Waals surface area contributed by atoms with Gasteiger partial charge in [-0.25, -0.2) is 4.68 Å². The molecule has 0 unspecified atom stereocenters. The highest BCUT2D eigenvalue weighted by Gasteiger charge is 2.05. The van der Waals surface area contributed by atoms with Crippen LogP contribution in [0.2, 0.25) is 5.02 Å². The summed E-state index contributed by atoms with van der Waals surface area (Å²) in [6.07, 6.45) is 1.39. The van der Waals surface area contributed by atoms with Crippen LogP contribution in [0.25, 0.3) is 0 Å². The molecule has 0 saturated heterocycles. The van der Waals surface area contributed by atoms with Gasteiger partial charge in [0.25, 0.3) is 5.56 Å². The molecule has 0 aliphatic rings. The van der Waals surface area contributed by atoms with E-state index in [0.29, 0.717) is 6.54 Å². The first-order valence-electron chi connectivity index (χ1n) is 4.18. The lowest BCUT2D eigenvalue weighted by Crippen LogP contribution is -2.29. The average molecular weight is 217 g/mol. The molecular weight excluding hydrogens is 204 g/mol. The van der Waals surface area contributed by atoms with Crippen molar-refractivity contribution in [2.45, 2.75) is 6.54 Å². The molecule has 0 aromatic carbocycles. The number of anilines is 1. The van der Waals surface area contributed by atoms with Gasteiger partial charge >= 0.3 is 0 Å². The van der Waals surface area contributed by atoms with Crippen molar-refractivity contribution < 1.29 is 0 Å². The Bertz CT molecular complexity index is 374. The van der Waals surface area contributed by atoms with Crippen LogP contribution >= 0.6 is 11.6 Å². The summed E-state index contributed by atoms with van der Waals surface area (Å²) in [4.78, 5) is 13.4. The van der Waals surface area contributed by atoms with E-state index in [1.807, 2.05) is 19.0 Å². The highest BCUT2D eigenvalue weighted by Crippen LogP contribution is 2.09. The van der Waals surface area contributed by atoms with Crippen molar-refractivity contribution in [3.63, 3.8) is 0 Å². The minimum absolute atomic E-state index is 0.0405. The van der Waals surface area contributed by atoms with E-state index < -0.39 is 0 Å². The van der Waals surface area contributed by atoms with E-state index in [2.05, 4.69) is 5.10 Å². The first-order chi connectivity index (χ1) is 6.52. The maximum Gasteiger partial charge on any atom is 0.287 e. The van der Waals surface area contributed by atoms with Gasteiger partial charge in [0, 0.05) is 6.54 Å². The Labute approximate surface area is 87.1 Å². The van der Waals surface area contributed by atoms with Crippen molar-refractivity contribution in [1.82, 2.24) is 14.7 Å². The Balaban J connectivity index is 2.89. The first-order valence-corrected chi connectivity index (χ1v) is 4.56. The summed E-state index contributed by atoms with van der Waals surface area (Å²) in [5, 5.41) is 3.92. The molecule has 2 N–H and O–H groups in total. The number of nitrogens with zero attached hydrogens (tertiary/aromatic N) is 3. The van der Waals surface area contributed by atoms with E-state index in [1.165, 1.54) is 10.9 Å². The molecule has 1 rings (SSSR count). The predicted octanol–water partition coefficient (Wildman–Crippen LogP) is 0.0405. The lowest BCUT2D eigenvalue weighted by Gasteiger charge is -2.10. The number of hydrogen-bond acceptors (Lipinski definition) is 4. The van der Waals surface area contributed by atoms with Crippen molar-refractivity contribution in [3.05, 3.63) is 21.6 Å². The Morgan fingerprint density at radius 3 is 2.86 bits per heavy atom. The van der Waals surface area contributed by atoms with Crippen LogP contribution in [-0.2, 0) is 6.54 Å². The summed E-state index contributed by atoms with van der Waals surface area (Å²) in [6.45, 7) is 1.24. The molecule has 0 bridgehead atoms. The summed E-state index contributed by atoms with van der Waals surface area (Å²) in [6, 6.07) is 0. The standard InChI is InChI=1S/C8H13ClN4O/c1-12(2)3-4-13-8(14)7(9)6(10)5-11-13/h5H,3-4,10H2,1-2H3. The third-order valence-corrected chi connectivity index (χ3v) is 2.15. The average Bonchev–Trinajstić information content (AvgIpc) is 2.13. The van der Waals surface area contributed by atoms with Crippen LogP contribution in [0.4, 0.5) is 5.69 Å². The molecule has 0 aliphatic carbocycles. The topological polar surface area (TPSA) is 64.2 Å². The highest BCUT2D eigenvalue weighted by molar-refractivity contribution is 6.32. The number of nitrogens with two attached hydrogens (primary N) is 1. The normalized spacial score (nSPS) is 10.9. The smallest absolute Gasteiger partial charge is 0.287 e. The summed E-state index contributed by atoms with van der Waals surface area (Å²) < 4.78 is 1.30. The van der Waals surface area contributed by atoms with E-state index in [1.54, 1.807) is 0 Å². The van der Waals surface area contributed by atoms with Crippen molar-refractivity contribution >= 4 is 17.3 Å². The van der Waals surface area contributed by atoms with Crippen LogP contribution in [0.1, 0.15) is 0 Å². The van der Waals surface area contributed by atoms with Gasteiger partial charge in [0.2, 0.25) is 0 Å². The SMILES string of the molecule is CN(C)CCn1ncc(N)c(Cl)c1=O. The maximum absolute atomic E-state index is 11.5. The van der Waals surface area contributed by atoms with Crippen molar-refractivity contribution in [2.24, 2.45) is 0 Å². The fourth-order valence-electron chi connectivity index (χ4n) is 0.932. The van der Waals surface area contributed by atoms with Crippen molar-refractivity contribution in [2.75, 3.05) is 26.4 Å². The first kappa shape index (κ1) is 11.0. The third-order valence-electron chi connectivity index (χ3n) is 1.77. The van der Waals surface area contributed by atoms with Crippen molar-refractivity contribution in [3.8, 4) is 0 Å². The number of hydrogen-bond donors (Lipinski definition) is 1. The van der Waals surface area contributed by atoms with Gasteiger partial charge in [0.15, 0.2) is 0 Å². The van der Waals surface area contributed by atoms with E-state index in [4.69, 9.17) is 17.3 Å². The zero-order chi connectivity index (χ0) is 10.7. The summed E-state index contributed by atoms with van der Waals surface area (Å²) in [5.74, 6) is 0. The Morgan fingerprint density at radius 1 is 1.64 bits per heavy atom. The molecule has 5 nitrogen and oxygen atoms in total. The molecule has 14 heavy (non-hydrogen) atoms. The van der Waals surface area contributed by atoms with E-state index in [0.717, 1.165) is 6.54 Å². The van der Waals surface area contributed by atoms with Crippen LogP contribution in [0, 0.1) is 0 Å². The minimum Gasteiger partial charge on any atom is -0.396 e. The maximum atomic E-state index is 11.5. The van der Waals surface area contributed by atoms with Gasteiger partial charge in [0.1, 0.15) is 5.02 Å². The van der Waals surface area contributed by atoms with Crippen LogP contribution in [0.3, 0.4) is 0 Å². The highest BCUT2D eigenvalue weighted by atomic mass is 35.5. The molecule has 0 spiro atoms. The van der Waals surface area contributed by atoms with E-state index >= 15 is 0 Å². The molecule has 0 radical (unpaired) electrons. The molecule has 0 amide bonds. The van der Waals surface area contributed by atoms with E-state index in [9.17, 15) is 4.79 Å². The van der Waals surface area contributed by atoms with Gasteiger partial charge in [-0.15, -0.1) is 0 Å². The predicted molar refractivity (Wildman–Crippen MR) is 56.5 cm³/mol. The minimum atomic E-state index is -0.339. The number of aromatic nitrogens is 2. The molecule has 1 aromatic rings. The zero-order valence-corrected chi connectivity index (χ0v) is 8.95. The molecule has 6 heteroatoms. The molecule has 1 aromatic heterocycles. The summed E-state index contributed by atoms with van der Waals surface area (Å²) >= 11 is 5.69. The molecule has 1 heterocycles. The summed E-state index contributed by atoms with van der Waals surface area (Å²) in [5.41, 5.74) is 5.31. The van der Waals surface area contributed by atoms with E-state index in [-0.39, 0.29) is 16.3 Å². The van der Waals surface area contributed by atoms with Crippen LogP contribution in [-0.4, -0.2) is 35.3 Å². The lowest BCUT2D eigenvalue weighted by molar-refractivity contribution is 0.368. The fraction of sp³-hybridized carbons (Fsp3) is 0.500. The molecule has 0 fully saturated rings. The quantitative estimate of drug-likeness (QED) is 0.775. The van der Waals surface area contributed by atoms with Gasteiger partial charge in [-0.3, -0.25) is 4.79 Å². The largest absolute Gasteiger partial charge is 0.396 e. The molecular formula is C8H13ClN4O. The Kier molecular flexibility index (Phi) is 3.49. The molecule has 0 aliphatic heterocycles. The number of nitrogen functional groups attached to an aromatic ring is 1. The molecule has 0 saturated carbocycles. The number of rotatable bonds is 3. The fourth-order valence-corrected chi connectivity index (χ4v) is 1.08. The van der Waals surface area contributed by atoms with Gasteiger partial charge in [-0.2, -0.15) is 5.10 Å². The van der Waals surface area contributed by atoms with Crippen molar-refractivity contribution in [1.29, 1.82) is 0 Å². The number of halogens is 1. The summed E-state index contributed by atoms with van der Waals surface area (Å²) in [7, 11) is 3.84. The van der Waals surface area contributed by atoms with Crippen LogP contribution in [0.15, 0.2) is 11.0 Å². The second kappa shape index (κ2) is 4.43. The second-order valence-electron chi connectivity index (χ2n) is 3.25. The number of likely N-dealkylation sites (N-methyl/N-ethyl adjacent to an activating group) is 1. The van der Waals surface area contributed by atoms with Gasteiger partial charge in [-0.05, 0) is 14.1 Å². The third kappa shape index (κ3) is 2.46. The Morgan fingerprint density at radius 2 is 2.29 bits per heavy atom. The zero-order valence-electron chi connectivity index (χ0n) is 8.20. The second-order valence-corrected chi connectivity index (χ2v) is 3.62. The van der Waals surface area contributed by atoms with Gasteiger partial charge < -0.3 is 10.6 Å².